The van der Waals surface area contributed by atoms with E-state index >= 15 is 0 Å². The number of hydrogen-bond acceptors (Lipinski definition) is 3. The van der Waals surface area contributed by atoms with Crippen molar-refractivity contribution < 1.29 is 14.4 Å². The van der Waals surface area contributed by atoms with E-state index in [0.717, 1.165) is 5.56 Å². The maximum atomic E-state index is 12.1. The zero-order chi connectivity index (χ0) is 16.1. The summed E-state index contributed by atoms with van der Waals surface area (Å²) in [6, 6.07) is 14.1. The lowest BCUT2D eigenvalue weighted by Crippen LogP contribution is -2.40. The van der Waals surface area contributed by atoms with Crippen molar-refractivity contribution >= 4 is 17.6 Å². The van der Waals surface area contributed by atoms with Gasteiger partial charge in [-0.3, -0.25) is 14.4 Å². The fraction of sp³-hybridized carbons (Fsp3) is 0.118. The Kier molecular flexibility index (Phi) is 4.68. The smallest absolute Gasteiger partial charge is 0.293 e. The third kappa shape index (κ3) is 3.58. The van der Waals surface area contributed by atoms with E-state index in [2.05, 4.69) is 5.32 Å². The second-order valence-electron chi connectivity index (χ2n) is 4.91. The molecule has 0 spiro atoms. The van der Waals surface area contributed by atoms with Crippen LogP contribution in [0.15, 0.2) is 54.6 Å². The van der Waals surface area contributed by atoms with Crippen molar-refractivity contribution in [3.8, 4) is 0 Å². The lowest BCUT2D eigenvalue weighted by molar-refractivity contribution is -0.125. The monoisotopic (exact) mass is 296 g/mol. The molecular formula is C17H16N2O3. The topological polar surface area (TPSA) is 89.3 Å². The Hall–Kier alpha value is -2.95. The number of benzene rings is 2. The van der Waals surface area contributed by atoms with Crippen LogP contribution in [0.4, 0.5) is 0 Å². The minimum absolute atomic E-state index is 0.263. The Morgan fingerprint density at radius 1 is 0.955 bits per heavy atom. The summed E-state index contributed by atoms with van der Waals surface area (Å²) in [4.78, 5) is 35.7. The number of primary amides is 1. The number of rotatable bonds is 5. The predicted octanol–water partition coefficient (Wildman–Crippen LogP) is 1.52. The van der Waals surface area contributed by atoms with E-state index in [0.29, 0.717) is 5.56 Å². The Balaban J connectivity index is 2.16. The third-order valence-electron chi connectivity index (χ3n) is 3.21. The zero-order valence-electron chi connectivity index (χ0n) is 12.1. The van der Waals surface area contributed by atoms with Gasteiger partial charge in [-0.2, -0.15) is 0 Å². The Bertz CT molecular complexity index is 694. The first kappa shape index (κ1) is 15.4. The van der Waals surface area contributed by atoms with Gasteiger partial charge in [-0.05, 0) is 12.5 Å². The van der Waals surface area contributed by atoms with E-state index in [1.165, 1.54) is 0 Å². The Labute approximate surface area is 128 Å². The molecule has 1 unspecified atom stereocenters. The molecule has 0 aliphatic carbocycles. The van der Waals surface area contributed by atoms with E-state index in [1.54, 1.807) is 54.6 Å². The van der Waals surface area contributed by atoms with E-state index in [4.69, 9.17) is 5.73 Å². The first-order valence-electron chi connectivity index (χ1n) is 6.75. The van der Waals surface area contributed by atoms with Gasteiger partial charge in [0.25, 0.3) is 5.91 Å². The summed E-state index contributed by atoms with van der Waals surface area (Å²) in [5, 5.41) is 2.38. The summed E-state index contributed by atoms with van der Waals surface area (Å²) < 4.78 is 0. The predicted molar refractivity (Wildman–Crippen MR) is 82.0 cm³/mol. The van der Waals surface area contributed by atoms with E-state index in [9.17, 15) is 14.4 Å². The zero-order valence-corrected chi connectivity index (χ0v) is 12.1. The fourth-order valence-corrected chi connectivity index (χ4v) is 2.00. The molecule has 2 amide bonds. The van der Waals surface area contributed by atoms with Crippen LogP contribution in [0.5, 0.6) is 0 Å². The lowest BCUT2D eigenvalue weighted by atomic mass is 10.0. The van der Waals surface area contributed by atoms with Crippen molar-refractivity contribution in [2.75, 3.05) is 0 Å². The van der Waals surface area contributed by atoms with E-state index in [-0.39, 0.29) is 5.56 Å². The van der Waals surface area contributed by atoms with Gasteiger partial charge in [0.2, 0.25) is 11.7 Å². The van der Waals surface area contributed by atoms with Crippen LogP contribution in [-0.2, 0) is 9.59 Å². The summed E-state index contributed by atoms with van der Waals surface area (Å²) in [6.45, 7) is 1.88. The fourth-order valence-electron chi connectivity index (χ4n) is 2.00. The molecule has 0 aliphatic rings. The lowest BCUT2D eigenvalue weighted by Gasteiger charge is -2.15. The van der Waals surface area contributed by atoms with Gasteiger partial charge < -0.3 is 11.1 Å². The van der Waals surface area contributed by atoms with Gasteiger partial charge >= 0.3 is 0 Å². The molecule has 0 aliphatic heterocycles. The van der Waals surface area contributed by atoms with Crippen LogP contribution < -0.4 is 11.1 Å². The molecule has 0 saturated carbocycles. The quantitative estimate of drug-likeness (QED) is 0.647. The molecule has 0 radical (unpaired) electrons. The number of hydrogen-bond donors (Lipinski definition) is 2. The highest BCUT2D eigenvalue weighted by molar-refractivity contribution is 6.43. The average molecular weight is 296 g/mol. The first-order valence-corrected chi connectivity index (χ1v) is 6.75. The van der Waals surface area contributed by atoms with Crippen molar-refractivity contribution in [1.29, 1.82) is 0 Å². The van der Waals surface area contributed by atoms with Crippen LogP contribution in [0.1, 0.15) is 27.5 Å². The van der Waals surface area contributed by atoms with Crippen LogP contribution >= 0.6 is 0 Å². The summed E-state index contributed by atoms with van der Waals surface area (Å²) in [5.74, 6) is -2.30. The molecule has 0 bridgehead atoms. The van der Waals surface area contributed by atoms with Crippen molar-refractivity contribution in [1.82, 2.24) is 5.32 Å². The van der Waals surface area contributed by atoms with Crippen molar-refractivity contribution in [3.63, 3.8) is 0 Å². The van der Waals surface area contributed by atoms with Crippen molar-refractivity contribution in [2.24, 2.45) is 5.73 Å². The second kappa shape index (κ2) is 6.67. The number of ketones is 1. The number of aryl methyl sites for hydroxylation is 1. The van der Waals surface area contributed by atoms with Gasteiger partial charge in [0, 0.05) is 5.56 Å². The van der Waals surface area contributed by atoms with Crippen LogP contribution in [-0.4, -0.2) is 17.6 Å². The molecule has 1 atom stereocenters. The number of Topliss-reactive ketones (excluding diaryl/α,β-unsaturated/α-hetero) is 1. The molecule has 0 heterocycles. The van der Waals surface area contributed by atoms with E-state index in [1.807, 2.05) is 6.92 Å². The van der Waals surface area contributed by atoms with Gasteiger partial charge in [-0.15, -0.1) is 0 Å². The van der Waals surface area contributed by atoms with Gasteiger partial charge in [0.05, 0.1) is 0 Å². The minimum Gasteiger partial charge on any atom is -0.368 e. The van der Waals surface area contributed by atoms with Crippen molar-refractivity contribution in [3.05, 3.63) is 71.3 Å². The number of nitrogens with two attached hydrogens (primary N) is 1. The largest absolute Gasteiger partial charge is 0.368 e. The highest BCUT2D eigenvalue weighted by atomic mass is 16.2. The molecule has 0 aromatic heterocycles. The van der Waals surface area contributed by atoms with Crippen LogP contribution in [0, 0.1) is 6.92 Å². The maximum Gasteiger partial charge on any atom is 0.293 e. The Morgan fingerprint density at radius 2 is 1.55 bits per heavy atom. The molecule has 2 aromatic carbocycles. The molecule has 2 rings (SSSR count). The molecule has 0 saturated heterocycles. The number of nitrogens with one attached hydrogen (secondary N) is 1. The first-order chi connectivity index (χ1) is 10.5. The maximum absolute atomic E-state index is 12.1. The molecule has 0 fully saturated rings. The minimum atomic E-state index is -1.04. The molecule has 112 valence electrons. The molecule has 5 heteroatoms. The molecule has 5 nitrogen and oxygen atoms in total. The van der Waals surface area contributed by atoms with Gasteiger partial charge in [0.1, 0.15) is 6.04 Å². The second-order valence-corrected chi connectivity index (χ2v) is 4.91. The third-order valence-corrected chi connectivity index (χ3v) is 3.21. The van der Waals surface area contributed by atoms with E-state index < -0.39 is 23.6 Å². The van der Waals surface area contributed by atoms with Gasteiger partial charge in [-0.1, -0.05) is 60.2 Å². The number of amides is 2. The molecule has 2 aromatic rings. The molecular weight excluding hydrogens is 280 g/mol. The highest BCUT2D eigenvalue weighted by Crippen LogP contribution is 2.12. The summed E-state index contributed by atoms with van der Waals surface area (Å²) >= 11 is 0. The van der Waals surface area contributed by atoms with Crippen molar-refractivity contribution in [2.45, 2.75) is 13.0 Å². The van der Waals surface area contributed by atoms with Crippen LogP contribution in [0.25, 0.3) is 0 Å². The molecule has 22 heavy (non-hydrogen) atoms. The summed E-state index contributed by atoms with van der Waals surface area (Å²) in [6.07, 6.45) is 0. The van der Waals surface area contributed by atoms with Crippen LogP contribution in [0.2, 0.25) is 0 Å². The standard InChI is InChI=1S/C17H16N2O3/c1-11-7-9-13(10-8-11)15(20)17(22)19-14(16(18)21)12-5-3-2-4-6-12/h2-10,14H,1H3,(H2,18,21)(H,19,22). The summed E-state index contributed by atoms with van der Waals surface area (Å²) in [7, 11) is 0. The summed E-state index contributed by atoms with van der Waals surface area (Å²) in [5.41, 5.74) is 7.08. The SMILES string of the molecule is Cc1ccc(C(=O)C(=O)NC(C(N)=O)c2ccccc2)cc1. The number of carbonyl (C=O) groups excluding carboxylic acids is 3. The average Bonchev–Trinajstić information content (AvgIpc) is 2.53. The van der Waals surface area contributed by atoms with Gasteiger partial charge in [-0.25, -0.2) is 0 Å². The normalized spacial score (nSPS) is 11.5. The number of carbonyl (C=O) groups is 3. The molecule has 3 N–H and O–H groups in total. The Morgan fingerprint density at radius 3 is 2.09 bits per heavy atom. The van der Waals surface area contributed by atoms with Gasteiger partial charge in [0.15, 0.2) is 0 Å². The van der Waals surface area contributed by atoms with Crippen LogP contribution in [0.3, 0.4) is 0 Å². The highest BCUT2D eigenvalue weighted by Gasteiger charge is 2.24.